The van der Waals surface area contributed by atoms with Crippen LogP contribution in [0.15, 0.2) is 0 Å². The maximum Gasteiger partial charge on any atom is 0.389 e. The number of halogens is 3. The van der Waals surface area contributed by atoms with Gasteiger partial charge in [0.25, 0.3) is 0 Å². The lowest BCUT2D eigenvalue weighted by Crippen LogP contribution is -2.27. The lowest BCUT2D eigenvalue weighted by molar-refractivity contribution is -0.136. The summed E-state index contributed by atoms with van der Waals surface area (Å²) in [6.07, 6.45) is -5.01. The summed E-state index contributed by atoms with van der Waals surface area (Å²) in [5, 5.41) is 0. The van der Waals surface area contributed by atoms with Crippen LogP contribution in [0, 0.1) is 0 Å². The second kappa shape index (κ2) is 4.56. The first kappa shape index (κ1) is 10.7. The monoisotopic (exact) mass is 171 g/mol. The molecular formula is C6H12F3NO. The molecule has 0 amide bonds. The van der Waals surface area contributed by atoms with Gasteiger partial charge in [0.2, 0.25) is 0 Å². The highest BCUT2D eigenvalue weighted by atomic mass is 19.4. The van der Waals surface area contributed by atoms with E-state index in [1.165, 1.54) is 7.11 Å². The topological polar surface area (TPSA) is 35.2 Å². The number of hydrogen-bond acceptors (Lipinski definition) is 2. The van der Waals surface area contributed by atoms with Crippen molar-refractivity contribution >= 4 is 0 Å². The van der Waals surface area contributed by atoms with Crippen molar-refractivity contribution in [3.05, 3.63) is 0 Å². The highest BCUT2D eigenvalue weighted by Crippen LogP contribution is 2.21. The summed E-state index contributed by atoms with van der Waals surface area (Å²) < 4.78 is 39.3. The Balaban J connectivity index is 3.38. The molecule has 2 N–H and O–H groups in total. The van der Waals surface area contributed by atoms with E-state index in [0.717, 1.165) is 0 Å². The van der Waals surface area contributed by atoms with Gasteiger partial charge in [-0.25, -0.2) is 0 Å². The van der Waals surface area contributed by atoms with Crippen LogP contribution in [-0.2, 0) is 4.74 Å². The molecule has 0 aromatic carbocycles. The first-order chi connectivity index (χ1) is 4.95. The average Bonchev–Trinajstić information content (AvgIpc) is 1.83. The maximum absolute atomic E-state index is 11.6. The maximum atomic E-state index is 11.6. The molecule has 0 heterocycles. The van der Waals surface area contributed by atoms with Crippen LogP contribution in [-0.4, -0.2) is 25.9 Å². The van der Waals surface area contributed by atoms with E-state index in [2.05, 4.69) is 4.74 Å². The van der Waals surface area contributed by atoms with Crippen LogP contribution in [0.2, 0.25) is 0 Å². The van der Waals surface area contributed by atoms with Crippen molar-refractivity contribution in [2.75, 3.05) is 13.7 Å². The van der Waals surface area contributed by atoms with E-state index in [4.69, 9.17) is 5.73 Å². The van der Waals surface area contributed by atoms with Crippen LogP contribution < -0.4 is 5.73 Å². The molecular weight excluding hydrogens is 159 g/mol. The van der Waals surface area contributed by atoms with E-state index < -0.39 is 18.6 Å². The Morgan fingerprint density at radius 1 is 1.45 bits per heavy atom. The van der Waals surface area contributed by atoms with Gasteiger partial charge in [0.15, 0.2) is 0 Å². The zero-order valence-corrected chi connectivity index (χ0v) is 6.32. The summed E-state index contributed by atoms with van der Waals surface area (Å²) >= 11 is 0. The van der Waals surface area contributed by atoms with Crippen LogP contribution in [0.5, 0.6) is 0 Å². The van der Waals surface area contributed by atoms with Gasteiger partial charge in [-0.3, -0.25) is 0 Å². The SMILES string of the molecule is COCC(N)CCC(F)(F)F. The van der Waals surface area contributed by atoms with E-state index in [0.29, 0.717) is 0 Å². The zero-order chi connectivity index (χ0) is 8.91. The Kier molecular flexibility index (Phi) is 4.44. The molecule has 68 valence electrons. The molecule has 0 saturated carbocycles. The summed E-state index contributed by atoms with van der Waals surface area (Å²) in [5.74, 6) is 0. The molecule has 0 bridgehead atoms. The number of rotatable bonds is 4. The fraction of sp³-hybridized carbons (Fsp3) is 1.00. The molecule has 5 heteroatoms. The average molecular weight is 171 g/mol. The third-order valence-electron chi connectivity index (χ3n) is 1.18. The number of nitrogens with two attached hydrogens (primary N) is 1. The second-order valence-electron chi connectivity index (χ2n) is 2.37. The van der Waals surface area contributed by atoms with Crippen molar-refractivity contribution < 1.29 is 17.9 Å². The zero-order valence-electron chi connectivity index (χ0n) is 6.32. The third kappa shape index (κ3) is 7.61. The van der Waals surface area contributed by atoms with Crippen LogP contribution in [0.25, 0.3) is 0 Å². The minimum Gasteiger partial charge on any atom is -0.383 e. The van der Waals surface area contributed by atoms with Crippen molar-refractivity contribution in [3.8, 4) is 0 Å². The lowest BCUT2D eigenvalue weighted by atomic mass is 10.2. The van der Waals surface area contributed by atoms with Gasteiger partial charge in [-0.15, -0.1) is 0 Å². The van der Waals surface area contributed by atoms with Gasteiger partial charge in [0.1, 0.15) is 0 Å². The standard InChI is InChI=1S/C6H12F3NO/c1-11-4-5(10)2-3-6(7,8)9/h5H,2-4,10H2,1H3. The Morgan fingerprint density at radius 2 is 2.00 bits per heavy atom. The van der Waals surface area contributed by atoms with Gasteiger partial charge in [-0.1, -0.05) is 0 Å². The number of methoxy groups -OCH3 is 1. The molecule has 0 saturated heterocycles. The van der Waals surface area contributed by atoms with E-state index in [9.17, 15) is 13.2 Å². The minimum atomic E-state index is -4.11. The first-order valence-corrected chi connectivity index (χ1v) is 3.27. The molecule has 0 aliphatic carbocycles. The van der Waals surface area contributed by atoms with E-state index in [1.807, 2.05) is 0 Å². The van der Waals surface area contributed by atoms with Gasteiger partial charge >= 0.3 is 6.18 Å². The molecule has 0 rings (SSSR count). The molecule has 0 aromatic heterocycles. The summed E-state index contributed by atoms with van der Waals surface area (Å²) in [5.41, 5.74) is 5.27. The molecule has 1 atom stereocenters. The van der Waals surface area contributed by atoms with E-state index >= 15 is 0 Å². The molecule has 0 aliphatic rings. The van der Waals surface area contributed by atoms with Crippen LogP contribution in [0.3, 0.4) is 0 Å². The molecule has 2 nitrogen and oxygen atoms in total. The first-order valence-electron chi connectivity index (χ1n) is 3.27. The summed E-state index contributed by atoms with van der Waals surface area (Å²) in [6.45, 7) is 0.177. The van der Waals surface area contributed by atoms with Crippen molar-refractivity contribution in [2.24, 2.45) is 5.73 Å². The van der Waals surface area contributed by atoms with Gasteiger partial charge in [0.05, 0.1) is 6.61 Å². The summed E-state index contributed by atoms with van der Waals surface area (Å²) in [7, 11) is 1.41. The Labute approximate surface area is 63.5 Å². The highest BCUT2D eigenvalue weighted by molar-refractivity contribution is 4.62. The Hall–Kier alpha value is -0.290. The molecule has 0 aliphatic heterocycles. The minimum absolute atomic E-state index is 0.0721. The third-order valence-corrected chi connectivity index (χ3v) is 1.18. The van der Waals surface area contributed by atoms with Gasteiger partial charge in [-0.2, -0.15) is 13.2 Å². The summed E-state index contributed by atoms with van der Waals surface area (Å²) in [4.78, 5) is 0. The molecule has 0 radical (unpaired) electrons. The number of ether oxygens (including phenoxy) is 1. The molecule has 1 unspecified atom stereocenters. The highest BCUT2D eigenvalue weighted by Gasteiger charge is 2.27. The normalized spacial score (nSPS) is 15.0. The predicted molar refractivity (Wildman–Crippen MR) is 35.1 cm³/mol. The summed E-state index contributed by atoms with van der Waals surface area (Å²) in [6, 6.07) is -0.512. The predicted octanol–water partition coefficient (Wildman–Crippen LogP) is 1.30. The quantitative estimate of drug-likeness (QED) is 0.692. The van der Waals surface area contributed by atoms with Crippen LogP contribution >= 0.6 is 0 Å². The van der Waals surface area contributed by atoms with Gasteiger partial charge < -0.3 is 10.5 Å². The number of alkyl halides is 3. The Bertz CT molecular complexity index is 104. The molecule has 0 spiro atoms. The molecule has 11 heavy (non-hydrogen) atoms. The molecule has 0 aromatic rings. The fourth-order valence-electron chi connectivity index (χ4n) is 0.646. The van der Waals surface area contributed by atoms with Crippen LogP contribution in [0.1, 0.15) is 12.8 Å². The van der Waals surface area contributed by atoms with Gasteiger partial charge in [-0.05, 0) is 6.42 Å². The van der Waals surface area contributed by atoms with Crippen molar-refractivity contribution in [2.45, 2.75) is 25.1 Å². The van der Waals surface area contributed by atoms with Crippen molar-refractivity contribution in [3.63, 3.8) is 0 Å². The smallest absolute Gasteiger partial charge is 0.383 e. The largest absolute Gasteiger partial charge is 0.389 e. The van der Waals surface area contributed by atoms with Gasteiger partial charge in [0, 0.05) is 19.6 Å². The Morgan fingerprint density at radius 3 is 2.36 bits per heavy atom. The molecule has 0 fully saturated rings. The fourth-order valence-corrected chi connectivity index (χ4v) is 0.646. The van der Waals surface area contributed by atoms with E-state index in [1.54, 1.807) is 0 Å². The number of hydrogen-bond donors (Lipinski definition) is 1. The lowest BCUT2D eigenvalue weighted by Gasteiger charge is -2.11. The van der Waals surface area contributed by atoms with E-state index in [-0.39, 0.29) is 13.0 Å². The second-order valence-corrected chi connectivity index (χ2v) is 2.37. The van der Waals surface area contributed by atoms with Crippen LogP contribution in [0.4, 0.5) is 13.2 Å². The van der Waals surface area contributed by atoms with Crippen molar-refractivity contribution in [1.29, 1.82) is 0 Å². The van der Waals surface area contributed by atoms with Crippen molar-refractivity contribution in [1.82, 2.24) is 0 Å².